The van der Waals surface area contributed by atoms with Crippen LogP contribution in [0.3, 0.4) is 0 Å². The Labute approximate surface area is 98.2 Å². The molecule has 2 saturated heterocycles. The summed E-state index contributed by atoms with van der Waals surface area (Å²) in [5.74, 6) is 0. The monoisotopic (exact) mass is 228 g/mol. The third-order valence-electron chi connectivity index (χ3n) is 3.68. The van der Waals surface area contributed by atoms with E-state index in [-0.39, 0.29) is 6.61 Å². The molecule has 0 spiro atoms. The lowest BCUT2D eigenvalue weighted by Crippen LogP contribution is -2.38. The highest BCUT2D eigenvalue weighted by Gasteiger charge is 2.28. The predicted molar refractivity (Wildman–Crippen MR) is 63.6 cm³/mol. The van der Waals surface area contributed by atoms with E-state index in [0.717, 1.165) is 19.2 Å². The molecule has 2 aliphatic heterocycles. The van der Waals surface area contributed by atoms with Crippen molar-refractivity contribution in [3.8, 4) is 0 Å². The van der Waals surface area contributed by atoms with E-state index in [1.807, 2.05) is 0 Å². The second-order valence-corrected chi connectivity index (χ2v) is 4.82. The van der Waals surface area contributed by atoms with Crippen LogP contribution in [0.25, 0.3) is 0 Å². The number of nitrogens with zero attached hydrogens (tertiary/aromatic N) is 2. The normalized spacial score (nSPS) is 27.9. The van der Waals surface area contributed by atoms with Gasteiger partial charge in [0.1, 0.15) is 0 Å². The van der Waals surface area contributed by atoms with Crippen molar-refractivity contribution in [2.45, 2.75) is 25.3 Å². The third kappa shape index (κ3) is 3.42. The molecule has 0 amide bonds. The van der Waals surface area contributed by atoms with Crippen LogP contribution in [-0.2, 0) is 4.74 Å². The Bertz CT molecular complexity index is 201. The van der Waals surface area contributed by atoms with Crippen LogP contribution < -0.4 is 0 Å². The summed E-state index contributed by atoms with van der Waals surface area (Å²) < 4.78 is 5.33. The van der Waals surface area contributed by atoms with Gasteiger partial charge in [-0.05, 0) is 38.9 Å². The molecule has 2 rings (SSSR count). The van der Waals surface area contributed by atoms with E-state index in [4.69, 9.17) is 9.84 Å². The summed E-state index contributed by atoms with van der Waals surface area (Å²) in [7, 11) is 0. The fraction of sp³-hybridized carbons (Fsp3) is 1.00. The Morgan fingerprint density at radius 1 is 1.12 bits per heavy atom. The fourth-order valence-electron chi connectivity index (χ4n) is 2.85. The molecule has 0 radical (unpaired) electrons. The van der Waals surface area contributed by atoms with Crippen LogP contribution in [0.5, 0.6) is 0 Å². The number of aliphatic hydroxyl groups excluding tert-OH is 1. The van der Waals surface area contributed by atoms with Gasteiger partial charge in [-0.25, -0.2) is 0 Å². The molecule has 4 heteroatoms. The SMILES string of the molecule is OCCOCCN1CCCN2CCCC2C1. The van der Waals surface area contributed by atoms with Crippen LogP contribution in [-0.4, -0.2) is 73.5 Å². The van der Waals surface area contributed by atoms with E-state index in [1.54, 1.807) is 0 Å². The molecule has 0 aromatic rings. The number of rotatable bonds is 5. The highest BCUT2D eigenvalue weighted by Crippen LogP contribution is 2.20. The van der Waals surface area contributed by atoms with Gasteiger partial charge in [-0.3, -0.25) is 9.80 Å². The molecule has 94 valence electrons. The summed E-state index contributed by atoms with van der Waals surface area (Å²) in [5.41, 5.74) is 0. The van der Waals surface area contributed by atoms with Gasteiger partial charge in [-0.2, -0.15) is 0 Å². The maximum absolute atomic E-state index is 8.63. The molecule has 2 fully saturated rings. The van der Waals surface area contributed by atoms with Crippen LogP contribution >= 0.6 is 0 Å². The lowest BCUT2D eigenvalue weighted by molar-refractivity contribution is 0.0721. The first-order valence-electron chi connectivity index (χ1n) is 6.55. The molecule has 1 N–H and O–H groups in total. The summed E-state index contributed by atoms with van der Waals surface area (Å²) in [6.07, 6.45) is 4.03. The van der Waals surface area contributed by atoms with Gasteiger partial charge in [-0.15, -0.1) is 0 Å². The Kier molecular flexibility index (Phi) is 5.03. The van der Waals surface area contributed by atoms with E-state index >= 15 is 0 Å². The molecule has 0 aliphatic carbocycles. The van der Waals surface area contributed by atoms with Crippen molar-refractivity contribution >= 4 is 0 Å². The highest BCUT2D eigenvalue weighted by atomic mass is 16.5. The molecule has 1 unspecified atom stereocenters. The summed E-state index contributed by atoms with van der Waals surface area (Å²) in [6.45, 7) is 7.38. The summed E-state index contributed by atoms with van der Waals surface area (Å²) in [5, 5.41) is 8.63. The van der Waals surface area contributed by atoms with Crippen molar-refractivity contribution in [3.63, 3.8) is 0 Å². The molecule has 16 heavy (non-hydrogen) atoms. The minimum absolute atomic E-state index is 0.135. The number of hydrogen-bond donors (Lipinski definition) is 1. The Hall–Kier alpha value is -0.160. The summed E-state index contributed by atoms with van der Waals surface area (Å²) in [4.78, 5) is 5.17. The van der Waals surface area contributed by atoms with E-state index in [2.05, 4.69) is 9.80 Å². The van der Waals surface area contributed by atoms with Gasteiger partial charge in [0, 0.05) is 19.1 Å². The first kappa shape index (κ1) is 12.3. The summed E-state index contributed by atoms with van der Waals surface area (Å²) >= 11 is 0. The topological polar surface area (TPSA) is 35.9 Å². The maximum Gasteiger partial charge on any atom is 0.0698 e. The fourth-order valence-corrected chi connectivity index (χ4v) is 2.85. The van der Waals surface area contributed by atoms with Crippen LogP contribution in [0, 0.1) is 0 Å². The lowest BCUT2D eigenvalue weighted by Gasteiger charge is -2.25. The van der Waals surface area contributed by atoms with Crippen LogP contribution in [0.15, 0.2) is 0 Å². The smallest absolute Gasteiger partial charge is 0.0698 e. The third-order valence-corrected chi connectivity index (χ3v) is 3.68. The molecule has 0 bridgehead atoms. The van der Waals surface area contributed by atoms with Crippen molar-refractivity contribution < 1.29 is 9.84 Å². The van der Waals surface area contributed by atoms with Gasteiger partial charge < -0.3 is 9.84 Å². The zero-order valence-corrected chi connectivity index (χ0v) is 10.1. The quantitative estimate of drug-likeness (QED) is 0.680. The van der Waals surface area contributed by atoms with Gasteiger partial charge in [-0.1, -0.05) is 0 Å². The van der Waals surface area contributed by atoms with Gasteiger partial charge in [0.25, 0.3) is 0 Å². The minimum atomic E-state index is 0.135. The Balaban J connectivity index is 1.69. The maximum atomic E-state index is 8.63. The van der Waals surface area contributed by atoms with Gasteiger partial charge in [0.05, 0.1) is 19.8 Å². The average molecular weight is 228 g/mol. The van der Waals surface area contributed by atoms with Crippen molar-refractivity contribution in [2.75, 3.05) is 52.5 Å². The van der Waals surface area contributed by atoms with Crippen LogP contribution in [0.1, 0.15) is 19.3 Å². The van der Waals surface area contributed by atoms with E-state index in [9.17, 15) is 0 Å². The number of aliphatic hydroxyl groups is 1. The minimum Gasteiger partial charge on any atom is -0.394 e. The second kappa shape index (κ2) is 6.55. The van der Waals surface area contributed by atoms with Crippen molar-refractivity contribution in [1.29, 1.82) is 0 Å². The zero-order valence-electron chi connectivity index (χ0n) is 10.1. The van der Waals surface area contributed by atoms with Crippen molar-refractivity contribution in [3.05, 3.63) is 0 Å². The molecule has 0 saturated carbocycles. The van der Waals surface area contributed by atoms with Crippen LogP contribution in [0.2, 0.25) is 0 Å². The van der Waals surface area contributed by atoms with Gasteiger partial charge in [0.15, 0.2) is 0 Å². The molecule has 0 aromatic heterocycles. The first-order chi connectivity index (χ1) is 7.90. The molecule has 4 nitrogen and oxygen atoms in total. The van der Waals surface area contributed by atoms with Crippen LogP contribution in [0.4, 0.5) is 0 Å². The number of hydrogen-bond acceptors (Lipinski definition) is 4. The molecular formula is C12H24N2O2. The largest absolute Gasteiger partial charge is 0.394 e. The first-order valence-corrected chi connectivity index (χ1v) is 6.55. The number of fused-ring (bicyclic) bond motifs is 1. The number of ether oxygens (including phenoxy) is 1. The molecule has 1 atom stereocenters. The van der Waals surface area contributed by atoms with Crippen molar-refractivity contribution in [2.24, 2.45) is 0 Å². The molecular weight excluding hydrogens is 204 g/mol. The van der Waals surface area contributed by atoms with Crippen molar-refractivity contribution in [1.82, 2.24) is 9.80 Å². The Morgan fingerprint density at radius 3 is 2.88 bits per heavy atom. The second-order valence-electron chi connectivity index (χ2n) is 4.82. The summed E-state index contributed by atoms with van der Waals surface area (Å²) in [6, 6.07) is 0.792. The molecule has 0 aromatic carbocycles. The average Bonchev–Trinajstić information content (AvgIpc) is 2.63. The Morgan fingerprint density at radius 2 is 2.00 bits per heavy atom. The van der Waals surface area contributed by atoms with E-state index in [1.165, 1.54) is 45.4 Å². The zero-order chi connectivity index (χ0) is 11.2. The predicted octanol–water partition coefficient (Wildman–Crippen LogP) is 0.165. The molecule has 2 heterocycles. The van der Waals surface area contributed by atoms with Gasteiger partial charge >= 0.3 is 0 Å². The lowest BCUT2D eigenvalue weighted by atomic mass is 10.2. The van der Waals surface area contributed by atoms with Gasteiger partial charge in [0.2, 0.25) is 0 Å². The highest BCUT2D eigenvalue weighted by molar-refractivity contribution is 4.84. The van der Waals surface area contributed by atoms with E-state index < -0.39 is 0 Å². The van der Waals surface area contributed by atoms with E-state index in [0.29, 0.717) is 6.61 Å². The standard InChI is InChI=1S/C12H24N2O2/c15-8-10-16-9-7-13-4-2-6-14-5-1-3-12(14)11-13/h12,15H,1-11H2. The molecule has 2 aliphatic rings.